The van der Waals surface area contributed by atoms with Crippen molar-refractivity contribution in [3.05, 3.63) is 54.0 Å². The second kappa shape index (κ2) is 13.0. The van der Waals surface area contributed by atoms with E-state index in [4.69, 9.17) is 15.2 Å². The minimum atomic E-state index is -3.26. The number of nitrogens with zero attached hydrogens (tertiary/aromatic N) is 5. The molecule has 0 bridgehead atoms. The first-order valence-corrected chi connectivity index (χ1v) is 16.9. The van der Waals surface area contributed by atoms with E-state index in [9.17, 15) is 34.0 Å². The molecule has 0 saturated carbocycles. The maximum absolute atomic E-state index is 17.0. The zero-order valence-electron chi connectivity index (χ0n) is 27.8. The highest BCUT2D eigenvalue weighted by atomic mass is 19.1. The average molecular weight is 713 g/mol. The molecular formula is C35H39F3N6O7. The van der Waals surface area contributed by atoms with E-state index >= 15 is 4.39 Å². The fourth-order valence-electron chi connectivity index (χ4n) is 8.05. The van der Waals surface area contributed by atoms with E-state index in [0.29, 0.717) is 36.8 Å². The maximum atomic E-state index is 17.0. The minimum absolute atomic E-state index is 0.0419. The third-order valence-electron chi connectivity index (χ3n) is 10.2. The lowest BCUT2D eigenvalue weighted by Gasteiger charge is -2.42. The molecule has 51 heavy (non-hydrogen) atoms. The number of amides is 1. The van der Waals surface area contributed by atoms with Crippen LogP contribution in [-0.2, 0) is 11.2 Å². The lowest BCUT2D eigenvalue weighted by Crippen LogP contribution is -2.65. The van der Waals surface area contributed by atoms with Gasteiger partial charge in [0.05, 0.1) is 18.5 Å². The second-order valence-corrected chi connectivity index (χ2v) is 13.9. The molecule has 4 atom stereocenters. The van der Waals surface area contributed by atoms with Crippen molar-refractivity contribution in [2.24, 2.45) is 11.7 Å². The summed E-state index contributed by atoms with van der Waals surface area (Å²) in [6, 6.07) is 10.2. The highest BCUT2D eigenvalue weighted by Gasteiger charge is 2.69. The van der Waals surface area contributed by atoms with Crippen molar-refractivity contribution in [2.75, 3.05) is 31.1 Å². The quantitative estimate of drug-likeness (QED) is 0.126. The topological polar surface area (TPSA) is 188 Å². The summed E-state index contributed by atoms with van der Waals surface area (Å²) >= 11 is 0. The van der Waals surface area contributed by atoms with Crippen molar-refractivity contribution in [1.29, 1.82) is 0 Å². The molecule has 0 spiro atoms. The first kappa shape index (κ1) is 35.1. The summed E-state index contributed by atoms with van der Waals surface area (Å²) in [7, 11) is 0. The molecule has 2 aromatic heterocycles. The molecule has 7 rings (SSSR count). The monoisotopic (exact) mass is 712 g/mol. The largest absolute Gasteiger partial charge is 0.450 e. The molecule has 1 amide bonds. The molecule has 6 N–H and O–H groups in total. The number of aliphatic hydroxyl groups is 4. The van der Waals surface area contributed by atoms with E-state index < -0.39 is 60.7 Å². The molecule has 13 nitrogen and oxygen atoms in total. The van der Waals surface area contributed by atoms with E-state index in [1.54, 1.807) is 17.0 Å². The number of primary amides is 1. The number of alkyl halides is 2. The standard InChI is InChI=1S/C35H39F3N6O7/c1-19-13-22(36)17-43(16-19)30-25-15-40-28(24-9-3-7-20-5-2-6-21(26(20)24)8-4-12-50-31(39)45)27(38)29(25)41-32(42-30)51-35(48,49)33-10-11-34(46,47)44(33)18-23(37)14-33/h2-3,5-7,9,15,19,22-23,46-49H,4,8,10-14,16-18H2,1H3,(H2,39,45). The number of piperidine rings is 1. The SMILES string of the molecule is CC1CC(F)CN(c2nc(OC(O)(O)C34CCC(O)(O)N3CC(F)C4)nc3c(F)c(-c4cccc5cccc(CCCOC(N)=O)c45)ncc23)C1. The Morgan fingerprint density at radius 3 is 2.59 bits per heavy atom. The lowest BCUT2D eigenvalue weighted by atomic mass is 9.90. The van der Waals surface area contributed by atoms with Crippen LogP contribution >= 0.6 is 0 Å². The summed E-state index contributed by atoms with van der Waals surface area (Å²) in [6.45, 7) is 1.70. The van der Waals surface area contributed by atoms with Crippen LogP contribution in [0.3, 0.4) is 0 Å². The number of hydrogen-bond donors (Lipinski definition) is 5. The first-order valence-electron chi connectivity index (χ1n) is 16.9. The molecule has 4 unspecified atom stereocenters. The van der Waals surface area contributed by atoms with Crippen LogP contribution in [0.2, 0.25) is 0 Å². The normalized spacial score (nSPS) is 25.0. The smallest absolute Gasteiger partial charge is 0.404 e. The Morgan fingerprint density at radius 1 is 1.08 bits per heavy atom. The van der Waals surface area contributed by atoms with Crippen molar-refractivity contribution in [1.82, 2.24) is 19.9 Å². The molecule has 3 fully saturated rings. The molecule has 3 aliphatic heterocycles. The van der Waals surface area contributed by atoms with Gasteiger partial charge in [-0.1, -0.05) is 43.3 Å². The van der Waals surface area contributed by atoms with Crippen LogP contribution < -0.4 is 15.4 Å². The van der Waals surface area contributed by atoms with Crippen LogP contribution in [0.25, 0.3) is 32.9 Å². The van der Waals surface area contributed by atoms with Crippen LogP contribution in [0.1, 0.15) is 44.6 Å². The van der Waals surface area contributed by atoms with Gasteiger partial charge in [0.1, 0.15) is 34.9 Å². The fraction of sp³-hybridized carbons (Fsp3) is 0.486. The Labute approximate surface area is 290 Å². The number of aryl methyl sites for hydroxylation is 1. The number of carbonyl (C=O) groups is 1. The summed E-state index contributed by atoms with van der Waals surface area (Å²) in [5.41, 5.74) is 3.97. The van der Waals surface area contributed by atoms with Crippen molar-refractivity contribution in [3.63, 3.8) is 0 Å². The molecule has 4 aromatic rings. The predicted molar refractivity (Wildman–Crippen MR) is 178 cm³/mol. The first-order chi connectivity index (χ1) is 24.2. The number of pyridine rings is 1. The van der Waals surface area contributed by atoms with Crippen molar-refractivity contribution in [3.8, 4) is 17.3 Å². The van der Waals surface area contributed by atoms with Gasteiger partial charge < -0.3 is 40.5 Å². The predicted octanol–water partition coefficient (Wildman–Crippen LogP) is 3.43. The molecule has 3 aliphatic rings. The molecule has 2 aromatic carbocycles. The number of ether oxygens (including phenoxy) is 2. The van der Waals surface area contributed by atoms with Gasteiger partial charge in [0.25, 0.3) is 0 Å². The van der Waals surface area contributed by atoms with Gasteiger partial charge in [0.2, 0.25) is 5.91 Å². The van der Waals surface area contributed by atoms with Gasteiger partial charge >= 0.3 is 18.1 Å². The van der Waals surface area contributed by atoms with E-state index in [-0.39, 0.29) is 54.3 Å². The van der Waals surface area contributed by atoms with Gasteiger partial charge in [0.15, 0.2) is 5.82 Å². The Balaban J connectivity index is 1.35. The average Bonchev–Trinajstić information content (AvgIpc) is 3.56. The van der Waals surface area contributed by atoms with Gasteiger partial charge in [-0.2, -0.15) is 9.97 Å². The third kappa shape index (κ3) is 6.28. The number of fused-ring (bicyclic) bond motifs is 3. The summed E-state index contributed by atoms with van der Waals surface area (Å²) < 4.78 is 57.1. The Kier molecular flexibility index (Phi) is 8.94. The number of nitrogens with two attached hydrogens (primary N) is 1. The van der Waals surface area contributed by atoms with Gasteiger partial charge in [0, 0.05) is 37.7 Å². The molecule has 3 saturated heterocycles. The zero-order valence-corrected chi connectivity index (χ0v) is 27.8. The third-order valence-corrected chi connectivity index (χ3v) is 10.2. The molecule has 16 heteroatoms. The maximum Gasteiger partial charge on any atom is 0.404 e. The van der Waals surface area contributed by atoms with Crippen LogP contribution in [0.4, 0.5) is 23.8 Å². The number of benzene rings is 2. The number of rotatable bonds is 9. The van der Waals surface area contributed by atoms with Crippen molar-refractivity contribution < 1.29 is 47.9 Å². The number of halogens is 3. The van der Waals surface area contributed by atoms with Gasteiger partial charge in [-0.3, -0.25) is 4.98 Å². The van der Waals surface area contributed by atoms with Crippen LogP contribution in [0.5, 0.6) is 6.01 Å². The molecule has 0 radical (unpaired) electrons. The highest BCUT2D eigenvalue weighted by molar-refractivity contribution is 6.00. The molecule has 272 valence electrons. The Hall–Kier alpha value is -4.35. The second-order valence-electron chi connectivity index (χ2n) is 13.9. The van der Waals surface area contributed by atoms with Crippen LogP contribution in [-0.4, -0.2) is 102 Å². The van der Waals surface area contributed by atoms with Crippen LogP contribution in [0, 0.1) is 11.7 Å². The van der Waals surface area contributed by atoms with E-state index in [1.165, 1.54) is 6.20 Å². The summed E-state index contributed by atoms with van der Waals surface area (Å²) in [4.78, 5) is 26.7. The fourth-order valence-corrected chi connectivity index (χ4v) is 8.05. The number of anilines is 1. The summed E-state index contributed by atoms with van der Waals surface area (Å²) in [5, 5.41) is 45.5. The van der Waals surface area contributed by atoms with E-state index in [0.717, 1.165) is 15.8 Å². The molecule has 5 heterocycles. The Bertz CT molecular complexity index is 1970. The number of aromatic nitrogens is 3. The zero-order chi connectivity index (χ0) is 36.3. The van der Waals surface area contributed by atoms with Crippen molar-refractivity contribution >= 4 is 33.6 Å². The number of hydrogen-bond acceptors (Lipinski definition) is 12. The van der Waals surface area contributed by atoms with E-state index in [1.807, 2.05) is 31.2 Å². The van der Waals surface area contributed by atoms with Crippen LogP contribution in [0.15, 0.2) is 42.6 Å². The molecular weight excluding hydrogens is 673 g/mol. The van der Waals surface area contributed by atoms with Gasteiger partial charge in [-0.25, -0.2) is 22.9 Å². The van der Waals surface area contributed by atoms with Gasteiger partial charge in [-0.05, 0) is 47.9 Å². The van der Waals surface area contributed by atoms with Crippen molar-refractivity contribution in [2.45, 2.75) is 75.2 Å². The molecule has 0 aliphatic carbocycles. The Morgan fingerprint density at radius 2 is 1.84 bits per heavy atom. The summed E-state index contributed by atoms with van der Waals surface area (Å²) in [6.07, 6.45) is -2.24. The lowest BCUT2D eigenvalue weighted by molar-refractivity contribution is -0.372. The number of carbonyl (C=O) groups excluding carboxylic acids is 1. The summed E-state index contributed by atoms with van der Waals surface area (Å²) in [5.74, 6) is -6.75. The van der Waals surface area contributed by atoms with E-state index in [2.05, 4.69) is 15.0 Å². The van der Waals surface area contributed by atoms with Gasteiger partial charge in [-0.15, -0.1) is 0 Å². The minimum Gasteiger partial charge on any atom is -0.450 e. The highest BCUT2D eigenvalue weighted by Crippen LogP contribution is 2.51.